The average molecular weight is 470 g/mol. The van der Waals surface area contributed by atoms with Gasteiger partial charge in [0, 0.05) is 40.9 Å². The summed E-state index contributed by atoms with van der Waals surface area (Å²) < 4.78 is 33.6. The molecule has 4 rings (SSSR count). The van der Waals surface area contributed by atoms with Gasteiger partial charge in [0.2, 0.25) is 0 Å². The molecule has 0 aliphatic heterocycles. The average Bonchev–Trinajstić information content (AvgIpc) is 3.17. The van der Waals surface area contributed by atoms with E-state index in [0.717, 1.165) is 0 Å². The van der Waals surface area contributed by atoms with Crippen molar-refractivity contribution in [3.8, 4) is 22.6 Å². The van der Waals surface area contributed by atoms with Crippen LogP contribution in [0.1, 0.15) is 5.89 Å². The third kappa shape index (κ3) is 4.48. The molecule has 32 heavy (non-hydrogen) atoms. The number of aromatic nitrogens is 1. The Kier molecular flexibility index (Phi) is 5.68. The Morgan fingerprint density at radius 1 is 0.938 bits per heavy atom. The van der Waals surface area contributed by atoms with Crippen LogP contribution in [0.2, 0.25) is 5.02 Å². The largest absolute Gasteiger partial charge is 0.440 e. The van der Waals surface area contributed by atoms with E-state index in [1.165, 1.54) is 24.3 Å². The molecule has 0 saturated carbocycles. The van der Waals surface area contributed by atoms with E-state index in [2.05, 4.69) is 9.71 Å². The lowest BCUT2D eigenvalue weighted by Crippen LogP contribution is -2.12. The molecule has 4 aromatic rings. The number of sulfonamides is 1. The lowest BCUT2D eigenvalue weighted by molar-refractivity contribution is -0.384. The second kappa shape index (κ2) is 8.45. The summed E-state index contributed by atoms with van der Waals surface area (Å²) in [6, 6.07) is 18.5. The van der Waals surface area contributed by atoms with Crippen LogP contribution in [-0.2, 0) is 10.0 Å². The number of non-ortho nitro benzene ring substituents is 1. The molecule has 1 N–H and O–H groups in total. The van der Waals surface area contributed by atoms with E-state index < -0.39 is 14.9 Å². The maximum Gasteiger partial charge on any atom is 0.269 e. The third-order valence-electron chi connectivity index (χ3n) is 4.61. The van der Waals surface area contributed by atoms with Crippen LogP contribution in [-0.4, -0.2) is 18.3 Å². The summed E-state index contributed by atoms with van der Waals surface area (Å²) in [4.78, 5) is 14.9. The summed E-state index contributed by atoms with van der Waals surface area (Å²) in [6.45, 7) is 1.69. The zero-order valence-corrected chi connectivity index (χ0v) is 18.2. The Balaban J connectivity index is 1.63. The fourth-order valence-corrected chi connectivity index (χ4v) is 4.26. The number of rotatable bonds is 6. The minimum Gasteiger partial charge on any atom is -0.440 e. The molecular weight excluding hydrogens is 454 g/mol. The Morgan fingerprint density at radius 2 is 1.53 bits per heavy atom. The Bertz CT molecular complexity index is 1380. The molecule has 0 aliphatic carbocycles. The van der Waals surface area contributed by atoms with E-state index >= 15 is 0 Å². The van der Waals surface area contributed by atoms with Crippen molar-refractivity contribution < 1.29 is 17.8 Å². The number of nitrogens with one attached hydrogen (secondary N) is 1. The first-order valence-corrected chi connectivity index (χ1v) is 11.2. The number of halogens is 1. The summed E-state index contributed by atoms with van der Waals surface area (Å²) >= 11 is 5.84. The Hall–Kier alpha value is -3.69. The second-order valence-corrected chi connectivity index (χ2v) is 8.97. The molecule has 0 fully saturated rings. The molecule has 162 valence electrons. The summed E-state index contributed by atoms with van der Waals surface area (Å²) in [5, 5.41) is 11.4. The number of benzene rings is 3. The van der Waals surface area contributed by atoms with E-state index in [9.17, 15) is 18.5 Å². The highest BCUT2D eigenvalue weighted by Gasteiger charge is 2.19. The summed E-state index contributed by atoms with van der Waals surface area (Å²) in [6.07, 6.45) is 0. The van der Waals surface area contributed by atoms with Crippen LogP contribution in [0.15, 0.2) is 82.1 Å². The first kappa shape index (κ1) is 21.5. The van der Waals surface area contributed by atoms with E-state index in [0.29, 0.717) is 39.2 Å². The van der Waals surface area contributed by atoms with Gasteiger partial charge in [0.25, 0.3) is 15.7 Å². The van der Waals surface area contributed by atoms with Gasteiger partial charge < -0.3 is 4.42 Å². The van der Waals surface area contributed by atoms with Crippen molar-refractivity contribution in [1.82, 2.24) is 4.98 Å². The zero-order chi connectivity index (χ0) is 22.9. The molecule has 0 aliphatic rings. The number of oxazole rings is 1. The van der Waals surface area contributed by atoms with Gasteiger partial charge in [-0.3, -0.25) is 14.8 Å². The maximum absolute atomic E-state index is 12.7. The van der Waals surface area contributed by atoms with Gasteiger partial charge in [0.15, 0.2) is 11.7 Å². The normalized spacial score (nSPS) is 11.3. The van der Waals surface area contributed by atoms with Crippen LogP contribution in [0.4, 0.5) is 11.4 Å². The standard InChI is InChI=1S/C22H16ClN3O5S/c1-14-24-21(22(31-14)16-2-10-19(11-3-16)26(27)28)15-4-12-20(13-5-15)32(29,30)25-18-8-6-17(23)7-9-18/h2-13,25H,1H3. The Morgan fingerprint density at radius 3 is 2.12 bits per heavy atom. The number of nitrogens with zero attached hydrogens (tertiary/aromatic N) is 2. The molecule has 0 saturated heterocycles. The minimum absolute atomic E-state index is 0.0331. The van der Waals surface area contributed by atoms with Gasteiger partial charge in [-0.05, 0) is 48.5 Å². The summed E-state index contributed by atoms with van der Waals surface area (Å²) in [5.74, 6) is 0.849. The molecule has 1 heterocycles. The SMILES string of the molecule is Cc1nc(-c2ccc(S(=O)(=O)Nc3ccc(Cl)cc3)cc2)c(-c2ccc([N+](=O)[O-])cc2)o1. The molecule has 3 aromatic carbocycles. The first-order chi connectivity index (χ1) is 15.2. The number of anilines is 1. The number of nitro groups is 1. The lowest BCUT2D eigenvalue weighted by atomic mass is 10.1. The van der Waals surface area contributed by atoms with E-state index in [1.54, 1.807) is 55.5 Å². The van der Waals surface area contributed by atoms with Crippen molar-refractivity contribution in [2.24, 2.45) is 0 Å². The van der Waals surface area contributed by atoms with Crippen LogP contribution in [0.25, 0.3) is 22.6 Å². The predicted molar refractivity (Wildman–Crippen MR) is 121 cm³/mol. The van der Waals surface area contributed by atoms with Crippen LogP contribution in [0.3, 0.4) is 0 Å². The van der Waals surface area contributed by atoms with Crippen molar-refractivity contribution in [3.63, 3.8) is 0 Å². The molecule has 0 radical (unpaired) electrons. The van der Waals surface area contributed by atoms with Crippen molar-refractivity contribution in [2.45, 2.75) is 11.8 Å². The van der Waals surface area contributed by atoms with Crippen molar-refractivity contribution in [3.05, 3.63) is 93.8 Å². The van der Waals surface area contributed by atoms with Crippen molar-refractivity contribution in [2.75, 3.05) is 4.72 Å². The van der Waals surface area contributed by atoms with Gasteiger partial charge in [0.05, 0.1) is 9.82 Å². The third-order valence-corrected chi connectivity index (χ3v) is 6.26. The number of aryl methyl sites for hydroxylation is 1. The van der Waals surface area contributed by atoms with Gasteiger partial charge in [-0.2, -0.15) is 0 Å². The molecule has 10 heteroatoms. The number of hydrogen-bond donors (Lipinski definition) is 1. The van der Waals surface area contributed by atoms with Crippen molar-refractivity contribution in [1.29, 1.82) is 0 Å². The van der Waals surface area contributed by atoms with Gasteiger partial charge in [-0.25, -0.2) is 13.4 Å². The first-order valence-electron chi connectivity index (χ1n) is 9.34. The second-order valence-electron chi connectivity index (χ2n) is 6.85. The summed E-state index contributed by atoms with van der Waals surface area (Å²) in [7, 11) is -3.80. The smallest absolute Gasteiger partial charge is 0.269 e. The molecule has 8 nitrogen and oxygen atoms in total. The highest BCUT2D eigenvalue weighted by atomic mass is 35.5. The minimum atomic E-state index is -3.80. The summed E-state index contributed by atoms with van der Waals surface area (Å²) in [5.41, 5.74) is 2.12. The molecular formula is C22H16ClN3O5S. The van der Waals surface area contributed by atoms with Gasteiger partial charge in [0.1, 0.15) is 5.69 Å². The fraction of sp³-hybridized carbons (Fsp3) is 0.0455. The predicted octanol–water partition coefficient (Wildman–Crippen LogP) is 5.68. The van der Waals surface area contributed by atoms with E-state index in [-0.39, 0.29) is 10.6 Å². The molecule has 0 spiro atoms. The van der Waals surface area contributed by atoms with Crippen LogP contribution in [0.5, 0.6) is 0 Å². The zero-order valence-electron chi connectivity index (χ0n) is 16.7. The fourth-order valence-electron chi connectivity index (χ4n) is 3.08. The van der Waals surface area contributed by atoms with Crippen LogP contribution < -0.4 is 4.72 Å². The van der Waals surface area contributed by atoms with E-state index in [1.807, 2.05) is 0 Å². The van der Waals surface area contributed by atoms with Gasteiger partial charge >= 0.3 is 0 Å². The highest BCUT2D eigenvalue weighted by molar-refractivity contribution is 7.92. The van der Waals surface area contributed by atoms with E-state index in [4.69, 9.17) is 16.0 Å². The monoisotopic (exact) mass is 469 g/mol. The molecule has 0 amide bonds. The van der Waals surface area contributed by atoms with Gasteiger partial charge in [-0.15, -0.1) is 0 Å². The van der Waals surface area contributed by atoms with Crippen LogP contribution >= 0.6 is 11.6 Å². The number of nitro benzene ring substituents is 1. The highest BCUT2D eigenvalue weighted by Crippen LogP contribution is 2.34. The molecule has 0 unspecified atom stereocenters. The lowest BCUT2D eigenvalue weighted by Gasteiger charge is -2.09. The molecule has 1 aromatic heterocycles. The number of hydrogen-bond acceptors (Lipinski definition) is 6. The van der Waals surface area contributed by atoms with Crippen LogP contribution in [0, 0.1) is 17.0 Å². The topological polar surface area (TPSA) is 115 Å². The van der Waals surface area contributed by atoms with Crippen molar-refractivity contribution >= 4 is 33.0 Å². The van der Waals surface area contributed by atoms with Gasteiger partial charge in [-0.1, -0.05) is 23.7 Å². The Labute approximate surface area is 188 Å². The quantitative estimate of drug-likeness (QED) is 0.287. The maximum atomic E-state index is 12.7. The molecule has 0 atom stereocenters. The molecule has 0 bridgehead atoms.